The van der Waals surface area contributed by atoms with Gasteiger partial charge in [-0.05, 0) is 56.9 Å². The number of amides is 2. The molecule has 29 heavy (non-hydrogen) atoms. The first kappa shape index (κ1) is 20.7. The van der Waals surface area contributed by atoms with Crippen molar-refractivity contribution in [3.05, 3.63) is 48.5 Å². The SMILES string of the molecule is CCOc1ccccc1NC(=O)C1CCC(C(=O)Nc2ccccc2OC)CC1. The minimum absolute atomic E-state index is 0.0132. The van der Waals surface area contributed by atoms with Gasteiger partial charge in [0.1, 0.15) is 11.5 Å². The van der Waals surface area contributed by atoms with Crippen LogP contribution in [0.25, 0.3) is 0 Å². The van der Waals surface area contributed by atoms with Gasteiger partial charge in [-0.3, -0.25) is 9.59 Å². The highest BCUT2D eigenvalue weighted by Gasteiger charge is 2.30. The maximum atomic E-state index is 12.7. The van der Waals surface area contributed by atoms with Crippen molar-refractivity contribution in [2.75, 3.05) is 24.4 Å². The third-order valence-corrected chi connectivity index (χ3v) is 5.28. The highest BCUT2D eigenvalue weighted by atomic mass is 16.5. The van der Waals surface area contributed by atoms with Crippen molar-refractivity contribution in [3.63, 3.8) is 0 Å². The van der Waals surface area contributed by atoms with E-state index >= 15 is 0 Å². The number of anilines is 2. The summed E-state index contributed by atoms with van der Waals surface area (Å²) in [5, 5.41) is 5.94. The molecule has 0 aromatic heterocycles. The second kappa shape index (κ2) is 9.96. The van der Waals surface area contributed by atoms with E-state index in [4.69, 9.17) is 9.47 Å². The predicted octanol–water partition coefficient (Wildman–Crippen LogP) is 4.48. The minimum Gasteiger partial charge on any atom is -0.495 e. The number of hydrogen-bond acceptors (Lipinski definition) is 4. The molecule has 1 aliphatic carbocycles. The van der Waals surface area contributed by atoms with Gasteiger partial charge < -0.3 is 20.1 Å². The van der Waals surface area contributed by atoms with E-state index in [0.717, 1.165) is 0 Å². The number of hydrogen-bond donors (Lipinski definition) is 2. The quantitative estimate of drug-likeness (QED) is 0.724. The maximum Gasteiger partial charge on any atom is 0.227 e. The molecule has 2 amide bonds. The zero-order chi connectivity index (χ0) is 20.6. The van der Waals surface area contributed by atoms with Crippen LogP contribution < -0.4 is 20.1 Å². The Hall–Kier alpha value is -3.02. The number of ether oxygens (including phenoxy) is 2. The minimum atomic E-state index is -0.0975. The fourth-order valence-electron chi connectivity index (χ4n) is 3.69. The Bertz CT molecular complexity index is 844. The molecule has 0 aliphatic heterocycles. The number of rotatable bonds is 7. The predicted molar refractivity (Wildman–Crippen MR) is 113 cm³/mol. The van der Waals surface area contributed by atoms with E-state index in [1.165, 1.54) is 0 Å². The van der Waals surface area contributed by atoms with Crippen molar-refractivity contribution in [1.82, 2.24) is 0 Å². The van der Waals surface area contributed by atoms with Crippen molar-refractivity contribution < 1.29 is 19.1 Å². The van der Waals surface area contributed by atoms with Crippen LogP contribution in [-0.2, 0) is 9.59 Å². The van der Waals surface area contributed by atoms with Crippen LogP contribution in [0.5, 0.6) is 11.5 Å². The molecule has 0 unspecified atom stereocenters. The molecule has 2 aromatic rings. The highest BCUT2D eigenvalue weighted by molar-refractivity contribution is 5.95. The molecule has 0 atom stereocenters. The first-order valence-corrected chi connectivity index (χ1v) is 10.1. The number of benzene rings is 2. The molecular formula is C23H28N2O4. The standard InChI is InChI=1S/C23H28N2O4/c1-3-29-21-11-7-5-9-19(21)25-23(27)17-14-12-16(13-15-17)22(26)24-18-8-4-6-10-20(18)28-2/h4-11,16-17H,3,12-15H2,1-2H3,(H,24,26)(H,25,27). The molecule has 0 saturated heterocycles. The Morgan fingerprint density at radius 2 is 1.28 bits per heavy atom. The Morgan fingerprint density at radius 1 is 0.828 bits per heavy atom. The summed E-state index contributed by atoms with van der Waals surface area (Å²) >= 11 is 0. The summed E-state index contributed by atoms with van der Waals surface area (Å²) in [7, 11) is 1.58. The van der Waals surface area contributed by atoms with Gasteiger partial charge in [-0.25, -0.2) is 0 Å². The maximum absolute atomic E-state index is 12.7. The van der Waals surface area contributed by atoms with Crippen LogP contribution in [0, 0.1) is 11.8 Å². The summed E-state index contributed by atoms with van der Waals surface area (Å²) in [6.45, 7) is 2.45. The summed E-state index contributed by atoms with van der Waals surface area (Å²) in [5.41, 5.74) is 1.36. The summed E-state index contributed by atoms with van der Waals surface area (Å²) in [6, 6.07) is 14.8. The number of methoxy groups -OCH3 is 1. The molecule has 3 rings (SSSR count). The van der Waals surface area contributed by atoms with Gasteiger partial charge in [0.25, 0.3) is 0 Å². The van der Waals surface area contributed by atoms with E-state index in [0.29, 0.717) is 55.2 Å². The first-order chi connectivity index (χ1) is 14.1. The molecule has 1 fully saturated rings. The van der Waals surface area contributed by atoms with Crippen LogP contribution in [0.15, 0.2) is 48.5 Å². The fraction of sp³-hybridized carbons (Fsp3) is 0.391. The molecule has 0 radical (unpaired) electrons. The summed E-state index contributed by atoms with van der Waals surface area (Å²) in [4.78, 5) is 25.3. The van der Waals surface area contributed by atoms with Gasteiger partial charge in [0.2, 0.25) is 11.8 Å². The van der Waals surface area contributed by atoms with E-state index in [1.54, 1.807) is 7.11 Å². The van der Waals surface area contributed by atoms with Gasteiger partial charge in [-0.15, -0.1) is 0 Å². The van der Waals surface area contributed by atoms with Crippen LogP contribution in [-0.4, -0.2) is 25.5 Å². The number of carbonyl (C=O) groups is 2. The zero-order valence-electron chi connectivity index (χ0n) is 16.9. The van der Waals surface area contributed by atoms with E-state index in [-0.39, 0.29) is 23.7 Å². The third-order valence-electron chi connectivity index (χ3n) is 5.28. The monoisotopic (exact) mass is 396 g/mol. The van der Waals surface area contributed by atoms with Crippen molar-refractivity contribution in [1.29, 1.82) is 0 Å². The van der Waals surface area contributed by atoms with Crippen molar-refractivity contribution in [2.24, 2.45) is 11.8 Å². The number of carbonyl (C=O) groups excluding carboxylic acids is 2. The zero-order valence-corrected chi connectivity index (χ0v) is 16.9. The van der Waals surface area contributed by atoms with E-state index in [9.17, 15) is 9.59 Å². The van der Waals surface area contributed by atoms with Gasteiger partial charge in [0.15, 0.2) is 0 Å². The van der Waals surface area contributed by atoms with Crippen molar-refractivity contribution in [3.8, 4) is 11.5 Å². The van der Waals surface area contributed by atoms with E-state index in [1.807, 2.05) is 55.5 Å². The lowest BCUT2D eigenvalue weighted by Crippen LogP contribution is -2.32. The Morgan fingerprint density at radius 3 is 1.76 bits per heavy atom. The normalized spacial score (nSPS) is 18.6. The van der Waals surface area contributed by atoms with Gasteiger partial charge in [0, 0.05) is 11.8 Å². The molecule has 2 aromatic carbocycles. The molecule has 2 N–H and O–H groups in total. The summed E-state index contributed by atoms with van der Waals surface area (Å²) in [6.07, 6.45) is 2.75. The first-order valence-electron chi connectivity index (χ1n) is 10.1. The van der Waals surface area contributed by atoms with Crippen LogP contribution in [0.1, 0.15) is 32.6 Å². The molecule has 0 heterocycles. The van der Waals surface area contributed by atoms with Crippen LogP contribution in [0.2, 0.25) is 0 Å². The van der Waals surface area contributed by atoms with Gasteiger partial charge in [-0.1, -0.05) is 24.3 Å². The molecule has 154 valence electrons. The van der Waals surface area contributed by atoms with Crippen LogP contribution >= 0.6 is 0 Å². The summed E-state index contributed by atoms with van der Waals surface area (Å²) in [5.74, 6) is 1.09. The third kappa shape index (κ3) is 5.28. The Labute approximate surface area is 171 Å². The van der Waals surface area contributed by atoms with E-state index in [2.05, 4.69) is 10.6 Å². The van der Waals surface area contributed by atoms with Gasteiger partial charge >= 0.3 is 0 Å². The van der Waals surface area contributed by atoms with Gasteiger partial charge in [-0.2, -0.15) is 0 Å². The molecule has 1 aliphatic rings. The van der Waals surface area contributed by atoms with Crippen LogP contribution in [0.3, 0.4) is 0 Å². The fourth-order valence-corrected chi connectivity index (χ4v) is 3.69. The Kier molecular flexibility index (Phi) is 7.11. The van der Waals surface area contributed by atoms with E-state index < -0.39 is 0 Å². The molecule has 6 heteroatoms. The average molecular weight is 396 g/mol. The molecule has 6 nitrogen and oxygen atoms in total. The Balaban J connectivity index is 1.53. The number of para-hydroxylation sites is 4. The average Bonchev–Trinajstić information content (AvgIpc) is 2.75. The lowest BCUT2D eigenvalue weighted by atomic mass is 9.81. The molecular weight excluding hydrogens is 368 g/mol. The lowest BCUT2D eigenvalue weighted by molar-refractivity contribution is -0.125. The van der Waals surface area contributed by atoms with Crippen molar-refractivity contribution in [2.45, 2.75) is 32.6 Å². The second-order valence-corrected chi connectivity index (χ2v) is 7.16. The molecule has 0 spiro atoms. The van der Waals surface area contributed by atoms with Crippen molar-refractivity contribution >= 4 is 23.2 Å². The second-order valence-electron chi connectivity index (χ2n) is 7.16. The number of nitrogens with one attached hydrogen (secondary N) is 2. The largest absolute Gasteiger partial charge is 0.495 e. The molecule has 1 saturated carbocycles. The topological polar surface area (TPSA) is 76.7 Å². The molecule has 0 bridgehead atoms. The smallest absolute Gasteiger partial charge is 0.227 e. The van der Waals surface area contributed by atoms with Gasteiger partial charge in [0.05, 0.1) is 25.1 Å². The van der Waals surface area contributed by atoms with Crippen LogP contribution in [0.4, 0.5) is 11.4 Å². The highest BCUT2D eigenvalue weighted by Crippen LogP contribution is 2.33. The lowest BCUT2D eigenvalue weighted by Gasteiger charge is -2.27. The summed E-state index contributed by atoms with van der Waals surface area (Å²) < 4.78 is 10.9.